The van der Waals surface area contributed by atoms with Gasteiger partial charge in [0.05, 0.1) is 18.8 Å². The van der Waals surface area contributed by atoms with Crippen LogP contribution in [0.15, 0.2) is 29.2 Å². The first-order chi connectivity index (χ1) is 12.6. The molecule has 8 heteroatoms. The molecule has 1 N–H and O–H groups in total. The third-order valence-corrected chi connectivity index (χ3v) is 6.25. The second-order valence-electron chi connectivity index (χ2n) is 6.83. The maximum atomic E-state index is 12.8. The van der Waals surface area contributed by atoms with Crippen molar-refractivity contribution in [2.45, 2.75) is 30.7 Å². The van der Waals surface area contributed by atoms with Gasteiger partial charge >= 0.3 is 5.97 Å². The number of piperidine rings is 1. The highest BCUT2D eigenvalue weighted by Crippen LogP contribution is 2.34. The van der Waals surface area contributed by atoms with Crippen LogP contribution in [0.4, 0.5) is 5.69 Å². The normalized spacial score (nSPS) is 18.1. The second-order valence-corrected chi connectivity index (χ2v) is 7.96. The second kappa shape index (κ2) is 10.3. The summed E-state index contributed by atoms with van der Waals surface area (Å²) < 4.78 is 0. The molecule has 1 aromatic carbocycles. The minimum absolute atomic E-state index is 0. The number of hydrogen-bond acceptors (Lipinski definition) is 5. The van der Waals surface area contributed by atoms with Crippen LogP contribution in [0.5, 0.6) is 0 Å². The Labute approximate surface area is 171 Å². The Morgan fingerprint density at radius 3 is 2.59 bits per heavy atom. The van der Waals surface area contributed by atoms with Gasteiger partial charge in [0.2, 0.25) is 5.91 Å². The van der Waals surface area contributed by atoms with Crippen LogP contribution in [0.3, 0.4) is 0 Å². The lowest BCUT2D eigenvalue weighted by Crippen LogP contribution is -2.49. The van der Waals surface area contributed by atoms with Gasteiger partial charge in [-0.3, -0.25) is 19.4 Å². The number of halogens is 1. The number of amides is 1. The fourth-order valence-corrected chi connectivity index (χ4v) is 4.82. The van der Waals surface area contributed by atoms with Gasteiger partial charge in [-0.25, -0.2) is 0 Å². The Balaban J connectivity index is 0.00000261. The predicted molar refractivity (Wildman–Crippen MR) is 111 cm³/mol. The number of hydrogen-bond donors (Lipinski definition) is 1. The summed E-state index contributed by atoms with van der Waals surface area (Å²) in [7, 11) is 0. The molecule has 0 spiro atoms. The van der Waals surface area contributed by atoms with Gasteiger partial charge in [0, 0.05) is 36.3 Å². The number of carboxylic acid groups (broad SMARTS) is 1. The van der Waals surface area contributed by atoms with Crippen molar-refractivity contribution in [3.05, 3.63) is 24.3 Å². The lowest BCUT2D eigenvalue weighted by molar-refractivity contribution is -0.139. The fraction of sp³-hybridized carbons (Fsp3) is 0.579. The van der Waals surface area contributed by atoms with Crippen LogP contribution in [0.1, 0.15) is 19.8 Å². The van der Waals surface area contributed by atoms with Gasteiger partial charge in [-0.15, -0.1) is 24.2 Å². The van der Waals surface area contributed by atoms with Crippen molar-refractivity contribution in [3.63, 3.8) is 0 Å². The summed E-state index contributed by atoms with van der Waals surface area (Å²) in [6, 6.07) is 8.40. The lowest BCUT2D eigenvalue weighted by atomic mass is 10.0. The Morgan fingerprint density at radius 2 is 1.93 bits per heavy atom. The topological polar surface area (TPSA) is 64.1 Å². The zero-order valence-electron chi connectivity index (χ0n) is 15.7. The van der Waals surface area contributed by atoms with Crippen LogP contribution in [0.25, 0.3) is 0 Å². The molecule has 2 heterocycles. The zero-order valence-corrected chi connectivity index (χ0v) is 17.3. The van der Waals surface area contributed by atoms with E-state index in [9.17, 15) is 9.59 Å². The monoisotopic (exact) mass is 413 g/mol. The highest BCUT2D eigenvalue weighted by atomic mass is 35.5. The number of anilines is 1. The van der Waals surface area contributed by atoms with Gasteiger partial charge in [-0.05, 0) is 31.5 Å². The molecule has 150 valence electrons. The number of carbonyl (C=O) groups excluding carboxylic acids is 1. The van der Waals surface area contributed by atoms with Gasteiger partial charge in [-0.2, -0.15) is 0 Å². The summed E-state index contributed by atoms with van der Waals surface area (Å²) in [5.74, 6) is 0.325. The average molecular weight is 414 g/mol. The number of carbonyl (C=O) groups is 2. The number of fused-ring (bicyclic) bond motifs is 1. The first-order valence-corrected chi connectivity index (χ1v) is 10.3. The number of likely N-dealkylation sites (tertiary alicyclic amines) is 1. The molecule has 1 aromatic rings. The largest absolute Gasteiger partial charge is 0.480 e. The summed E-state index contributed by atoms with van der Waals surface area (Å²) in [6.07, 6.45) is 1.83. The summed E-state index contributed by atoms with van der Waals surface area (Å²) in [5, 5.41) is 9.04. The molecule has 6 nitrogen and oxygen atoms in total. The van der Waals surface area contributed by atoms with Crippen LogP contribution in [-0.2, 0) is 9.59 Å². The Bertz CT molecular complexity index is 653. The van der Waals surface area contributed by atoms with Crippen molar-refractivity contribution in [2.75, 3.05) is 49.9 Å². The van der Waals surface area contributed by atoms with Crippen LogP contribution in [0.2, 0.25) is 0 Å². The van der Waals surface area contributed by atoms with Crippen molar-refractivity contribution in [1.82, 2.24) is 9.80 Å². The van der Waals surface area contributed by atoms with E-state index in [0.29, 0.717) is 12.6 Å². The first-order valence-electron chi connectivity index (χ1n) is 9.29. The third kappa shape index (κ3) is 5.60. The molecule has 0 radical (unpaired) electrons. The maximum Gasteiger partial charge on any atom is 0.317 e. The number of aliphatic carboxylic acids is 1. The van der Waals surface area contributed by atoms with Crippen molar-refractivity contribution in [3.8, 4) is 0 Å². The molecule has 2 aliphatic heterocycles. The molecule has 2 aliphatic rings. The molecule has 0 aliphatic carbocycles. The Kier molecular flexibility index (Phi) is 8.41. The van der Waals surface area contributed by atoms with E-state index in [1.807, 2.05) is 34.9 Å². The molecule has 0 saturated carbocycles. The van der Waals surface area contributed by atoms with E-state index in [4.69, 9.17) is 5.11 Å². The van der Waals surface area contributed by atoms with Gasteiger partial charge in [0.15, 0.2) is 0 Å². The number of para-hydroxylation sites is 1. The molecule has 0 atom stereocenters. The highest BCUT2D eigenvalue weighted by molar-refractivity contribution is 7.99. The van der Waals surface area contributed by atoms with Crippen molar-refractivity contribution >= 4 is 41.7 Å². The van der Waals surface area contributed by atoms with Crippen LogP contribution >= 0.6 is 24.2 Å². The molecule has 27 heavy (non-hydrogen) atoms. The van der Waals surface area contributed by atoms with Gasteiger partial charge in [0.1, 0.15) is 0 Å². The smallest absolute Gasteiger partial charge is 0.317 e. The number of rotatable bonds is 6. The van der Waals surface area contributed by atoms with Crippen LogP contribution in [0, 0.1) is 0 Å². The Morgan fingerprint density at radius 1 is 1.22 bits per heavy atom. The van der Waals surface area contributed by atoms with E-state index in [1.54, 1.807) is 11.8 Å². The lowest BCUT2D eigenvalue weighted by Gasteiger charge is -2.38. The van der Waals surface area contributed by atoms with Gasteiger partial charge in [-0.1, -0.05) is 19.1 Å². The molecule has 0 aromatic heterocycles. The molecule has 3 rings (SSSR count). The minimum atomic E-state index is -0.772. The zero-order chi connectivity index (χ0) is 18.5. The van der Waals surface area contributed by atoms with E-state index < -0.39 is 5.97 Å². The minimum Gasteiger partial charge on any atom is -0.480 e. The summed E-state index contributed by atoms with van der Waals surface area (Å²) in [5.41, 5.74) is 1.03. The standard InChI is InChI=1S/C19H27N3O3S.ClH/c1-2-21(14-19(24)25)15-7-9-20(10-8-15)13-18(23)22-11-12-26-17-6-4-3-5-16(17)22;/h3-6,15H,2,7-14H2,1H3,(H,24,25);1H. The number of benzene rings is 1. The van der Waals surface area contributed by atoms with E-state index in [-0.39, 0.29) is 24.9 Å². The maximum absolute atomic E-state index is 12.8. The molecule has 1 saturated heterocycles. The molecule has 0 bridgehead atoms. The van der Waals surface area contributed by atoms with E-state index in [2.05, 4.69) is 11.0 Å². The van der Waals surface area contributed by atoms with E-state index >= 15 is 0 Å². The average Bonchev–Trinajstić information content (AvgIpc) is 2.66. The third-order valence-electron chi connectivity index (χ3n) is 5.21. The summed E-state index contributed by atoms with van der Waals surface area (Å²) in [6.45, 7) is 5.74. The fourth-order valence-electron chi connectivity index (χ4n) is 3.82. The van der Waals surface area contributed by atoms with Crippen molar-refractivity contribution in [1.29, 1.82) is 0 Å². The van der Waals surface area contributed by atoms with Crippen molar-refractivity contribution in [2.24, 2.45) is 0 Å². The SMILES string of the molecule is CCN(CC(=O)O)C1CCN(CC(=O)N2CCSc3ccccc32)CC1.Cl. The molecular weight excluding hydrogens is 386 g/mol. The summed E-state index contributed by atoms with van der Waals surface area (Å²) >= 11 is 1.81. The van der Waals surface area contributed by atoms with Gasteiger partial charge in [0.25, 0.3) is 0 Å². The molecule has 0 unspecified atom stereocenters. The molecule has 1 amide bonds. The highest BCUT2D eigenvalue weighted by Gasteiger charge is 2.28. The quantitative estimate of drug-likeness (QED) is 0.772. The Hall–Kier alpha value is -1.28. The number of nitrogens with zero attached hydrogens (tertiary/aromatic N) is 3. The summed E-state index contributed by atoms with van der Waals surface area (Å²) in [4.78, 5) is 31.2. The molecule has 1 fully saturated rings. The number of likely N-dealkylation sites (N-methyl/N-ethyl adjacent to an activating group) is 1. The number of thioether (sulfide) groups is 1. The van der Waals surface area contributed by atoms with E-state index in [1.165, 1.54) is 4.90 Å². The van der Waals surface area contributed by atoms with Crippen molar-refractivity contribution < 1.29 is 14.7 Å². The van der Waals surface area contributed by atoms with Crippen LogP contribution in [-0.4, -0.2) is 77.8 Å². The first kappa shape index (κ1) is 22.0. The van der Waals surface area contributed by atoms with Gasteiger partial charge < -0.3 is 10.0 Å². The predicted octanol–water partition coefficient (Wildman–Crippen LogP) is 2.42. The van der Waals surface area contributed by atoms with E-state index in [0.717, 1.165) is 50.5 Å². The number of carboxylic acids is 1. The molecular formula is C19H28ClN3O3S. The van der Waals surface area contributed by atoms with Crippen LogP contribution < -0.4 is 4.90 Å².